The van der Waals surface area contributed by atoms with Crippen LogP contribution in [-0.4, -0.2) is 32.9 Å². The average molecular weight is 444 g/mol. The van der Waals surface area contributed by atoms with E-state index < -0.39 is 47.3 Å². The maximum absolute atomic E-state index is 14.3. The van der Waals surface area contributed by atoms with Gasteiger partial charge in [-0.15, -0.1) is 26.3 Å². The molecule has 0 saturated carbocycles. The minimum absolute atomic E-state index is 0.282. The molecule has 0 heterocycles. The van der Waals surface area contributed by atoms with E-state index in [9.17, 15) is 35.5 Å². The monoisotopic (exact) mass is 444 g/mol. The molecular formula is C17H11F7O6. The van der Waals surface area contributed by atoms with Crippen LogP contribution in [0.1, 0.15) is 10.4 Å². The summed E-state index contributed by atoms with van der Waals surface area (Å²) in [6.45, 7) is 0. The summed E-state index contributed by atoms with van der Waals surface area (Å²) in [6.07, 6.45) is -10.2. The summed E-state index contributed by atoms with van der Waals surface area (Å²) in [5.41, 5.74) is -0.885. The van der Waals surface area contributed by atoms with Gasteiger partial charge >= 0.3 is 18.7 Å². The van der Waals surface area contributed by atoms with Gasteiger partial charge in [0.15, 0.2) is 11.5 Å². The zero-order valence-electron chi connectivity index (χ0n) is 15.0. The van der Waals surface area contributed by atoms with Crippen LogP contribution in [0.4, 0.5) is 30.7 Å². The van der Waals surface area contributed by atoms with E-state index in [1.54, 1.807) is 0 Å². The normalized spacial score (nSPS) is 11.6. The summed E-state index contributed by atoms with van der Waals surface area (Å²) in [5.74, 6) is -6.02. The quantitative estimate of drug-likeness (QED) is 0.450. The number of ether oxygens (including phenoxy) is 5. The van der Waals surface area contributed by atoms with Crippen molar-refractivity contribution in [1.82, 2.24) is 0 Å². The lowest BCUT2D eigenvalue weighted by molar-refractivity contribution is -0.275. The third kappa shape index (κ3) is 6.06. The molecule has 13 heteroatoms. The second-order valence-electron chi connectivity index (χ2n) is 5.28. The van der Waals surface area contributed by atoms with Crippen LogP contribution >= 0.6 is 0 Å². The molecule has 0 aliphatic rings. The molecule has 0 N–H and O–H groups in total. The molecular weight excluding hydrogens is 433 g/mol. The lowest BCUT2D eigenvalue weighted by Crippen LogP contribution is -2.18. The first-order chi connectivity index (χ1) is 13.8. The van der Waals surface area contributed by atoms with E-state index in [1.165, 1.54) is 0 Å². The van der Waals surface area contributed by atoms with Gasteiger partial charge in [-0.1, -0.05) is 0 Å². The summed E-state index contributed by atoms with van der Waals surface area (Å²) in [5, 5.41) is 0. The van der Waals surface area contributed by atoms with Gasteiger partial charge in [0, 0.05) is 18.2 Å². The molecule has 0 aliphatic heterocycles. The molecule has 0 fully saturated rings. The minimum atomic E-state index is -5.18. The largest absolute Gasteiger partial charge is 0.573 e. The maximum atomic E-state index is 14.3. The predicted octanol–water partition coefficient (Wildman–Crippen LogP) is 5.21. The first-order valence-corrected chi connectivity index (χ1v) is 7.62. The Morgan fingerprint density at radius 2 is 1.37 bits per heavy atom. The first kappa shape index (κ1) is 22.9. The van der Waals surface area contributed by atoms with Crippen molar-refractivity contribution in [3.63, 3.8) is 0 Å². The fraction of sp³-hybridized carbons (Fsp3) is 0.235. The molecule has 0 saturated heterocycles. The van der Waals surface area contributed by atoms with Crippen molar-refractivity contribution in [2.24, 2.45) is 0 Å². The van der Waals surface area contributed by atoms with Crippen molar-refractivity contribution >= 4 is 5.97 Å². The lowest BCUT2D eigenvalue weighted by atomic mass is 10.1. The molecule has 6 nitrogen and oxygen atoms in total. The van der Waals surface area contributed by atoms with Crippen LogP contribution in [0.15, 0.2) is 30.3 Å². The Hall–Kier alpha value is -3.38. The fourth-order valence-electron chi connectivity index (χ4n) is 2.18. The van der Waals surface area contributed by atoms with Crippen LogP contribution in [0.2, 0.25) is 0 Å². The van der Waals surface area contributed by atoms with E-state index in [0.29, 0.717) is 6.07 Å². The fourth-order valence-corrected chi connectivity index (χ4v) is 2.18. The zero-order chi connectivity index (χ0) is 22.7. The van der Waals surface area contributed by atoms with Crippen molar-refractivity contribution < 1.29 is 59.2 Å². The number of halogens is 7. The predicted molar refractivity (Wildman–Crippen MR) is 84.2 cm³/mol. The van der Waals surface area contributed by atoms with Gasteiger partial charge in [0.05, 0.1) is 14.2 Å². The lowest BCUT2D eigenvalue weighted by Gasteiger charge is -2.16. The molecule has 0 spiro atoms. The highest BCUT2D eigenvalue weighted by Crippen LogP contribution is 2.40. The van der Waals surface area contributed by atoms with E-state index in [-0.39, 0.29) is 17.6 Å². The highest BCUT2D eigenvalue weighted by atomic mass is 19.4. The van der Waals surface area contributed by atoms with Gasteiger partial charge in [-0.05, 0) is 12.1 Å². The van der Waals surface area contributed by atoms with Crippen LogP contribution in [-0.2, 0) is 4.74 Å². The summed E-state index contributed by atoms with van der Waals surface area (Å²) in [6, 6.07) is 3.28. The zero-order valence-corrected chi connectivity index (χ0v) is 15.0. The number of esters is 1. The SMILES string of the molecule is COC(=O)c1c(F)cc(OC(F)(F)F)cc1Oc1ccc(OC(F)(F)F)cc1OC. The second-order valence-corrected chi connectivity index (χ2v) is 5.28. The molecule has 0 atom stereocenters. The summed E-state index contributed by atoms with van der Waals surface area (Å²) < 4.78 is 110. The number of rotatable bonds is 6. The number of methoxy groups -OCH3 is 2. The topological polar surface area (TPSA) is 63.2 Å². The Labute approximate surface area is 163 Å². The van der Waals surface area contributed by atoms with E-state index in [1.807, 2.05) is 0 Å². The molecule has 0 aliphatic carbocycles. The summed E-state index contributed by atoms with van der Waals surface area (Å²) in [4.78, 5) is 11.8. The van der Waals surface area contributed by atoms with Crippen LogP contribution < -0.4 is 18.9 Å². The first-order valence-electron chi connectivity index (χ1n) is 7.62. The Balaban J connectivity index is 2.50. The smallest absolute Gasteiger partial charge is 0.493 e. The number of benzene rings is 2. The highest BCUT2D eigenvalue weighted by Gasteiger charge is 2.33. The summed E-state index contributed by atoms with van der Waals surface area (Å²) in [7, 11) is 1.93. The molecule has 0 bridgehead atoms. The third-order valence-electron chi connectivity index (χ3n) is 3.24. The second kappa shape index (κ2) is 8.55. The van der Waals surface area contributed by atoms with E-state index in [2.05, 4.69) is 14.2 Å². The van der Waals surface area contributed by atoms with Gasteiger partial charge in [0.2, 0.25) is 0 Å². The van der Waals surface area contributed by atoms with E-state index >= 15 is 0 Å². The number of alkyl halides is 6. The third-order valence-corrected chi connectivity index (χ3v) is 3.24. The molecule has 2 aromatic carbocycles. The van der Waals surface area contributed by atoms with Crippen LogP contribution in [0, 0.1) is 5.82 Å². The molecule has 0 radical (unpaired) electrons. The van der Waals surface area contributed by atoms with Crippen molar-refractivity contribution in [3.05, 3.63) is 41.7 Å². The molecule has 0 unspecified atom stereocenters. The standard InChI is InChI=1S/C17H11F7O6/c1-26-12-6-8(29-16(19,20)21)3-4-11(12)28-13-7-9(30-17(22,23)24)5-10(18)14(13)15(25)27-2/h3-7H,1-2H3. The van der Waals surface area contributed by atoms with Crippen molar-refractivity contribution in [2.75, 3.05) is 14.2 Å². The summed E-state index contributed by atoms with van der Waals surface area (Å²) >= 11 is 0. The molecule has 2 aromatic rings. The minimum Gasteiger partial charge on any atom is -0.493 e. The maximum Gasteiger partial charge on any atom is 0.573 e. The molecule has 2 rings (SSSR count). The van der Waals surface area contributed by atoms with E-state index in [0.717, 1.165) is 32.4 Å². The van der Waals surface area contributed by atoms with Gasteiger partial charge in [-0.3, -0.25) is 0 Å². The van der Waals surface area contributed by atoms with Gasteiger partial charge in [0.1, 0.15) is 28.6 Å². The van der Waals surface area contributed by atoms with Gasteiger partial charge in [-0.25, -0.2) is 9.18 Å². The molecule has 30 heavy (non-hydrogen) atoms. The van der Waals surface area contributed by atoms with Crippen molar-refractivity contribution in [1.29, 1.82) is 0 Å². The molecule has 0 aromatic heterocycles. The molecule has 164 valence electrons. The van der Waals surface area contributed by atoms with Crippen molar-refractivity contribution in [3.8, 4) is 28.7 Å². The van der Waals surface area contributed by atoms with Gasteiger partial charge in [-0.2, -0.15) is 0 Å². The number of hydrogen-bond donors (Lipinski definition) is 0. The van der Waals surface area contributed by atoms with E-state index in [4.69, 9.17) is 9.47 Å². The Morgan fingerprint density at radius 3 is 1.90 bits per heavy atom. The number of hydrogen-bond acceptors (Lipinski definition) is 6. The highest BCUT2D eigenvalue weighted by molar-refractivity contribution is 5.93. The van der Waals surface area contributed by atoms with Gasteiger partial charge < -0.3 is 23.7 Å². The van der Waals surface area contributed by atoms with Crippen LogP contribution in [0.25, 0.3) is 0 Å². The van der Waals surface area contributed by atoms with Crippen LogP contribution in [0.5, 0.6) is 28.7 Å². The number of carbonyl (C=O) groups excluding carboxylic acids is 1. The Kier molecular flexibility index (Phi) is 6.53. The van der Waals surface area contributed by atoms with Gasteiger partial charge in [0.25, 0.3) is 0 Å². The van der Waals surface area contributed by atoms with Crippen molar-refractivity contribution in [2.45, 2.75) is 12.7 Å². The average Bonchev–Trinajstić information content (AvgIpc) is 2.59. The molecule has 0 amide bonds. The van der Waals surface area contributed by atoms with Crippen LogP contribution in [0.3, 0.4) is 0 Å². The number of carbonyl (C=O) groups is 1. The Bertz CT molecular complexity index is 924. The Morgan fingerprint density at radius 1 is 0.800 bits per heavy atom.